The zero-order valence-corrected chi connectivity index (χ0v) is 16.7. The number of nitrogens with one attached hydrogen (secondary N) is 2. The summed E-state index contributed by atoms with van der Waals surface area (Å²) in [6.07, 6.45) is 3.83. The van der Waals surface area contributed by atoms with Gasteiger partial charge in [0.15, 0.2) is 0 Å². The fourth-order valence-electron chi connectivity index (χ4n) is 2.73. The van der Waals surface area contributed by atoms with Gasteiger partial charge >= 0.3 is 0 Å². The molecular formula is C23H30N2O3. The fraction of sp³-hybridized carbons (Fsp3) is 0.391. The predicted molar refractivity (Wildman–Crippen MR) is 112 cm³/mol. The van der Waals surface area contributed by atoms with Gasteiger partial charge in [-0.3, -0.25) is 9.59 Å². The number of carbonyl (C=O) groups excluding carboxylic acids is 2. The summed E-state index contributed by atoms with van der Waals surface area (Å²) in [6.45, 7) is 4.71. The van der Waals surface area contributed by atoms with Crippen LogP contribution in [0.2, 0.25) is 0 Å². The topological polar surface area (TPSA) is 67.4 Å². The summed E-state index contributed by atoms with van der Waals surface area (Å²) in [5, 5.41) is 5.58. The van der Waals surface area contributed by atoms with E-state index in [9.17, 15) is 9.59 Å². The molecule has 150 valence electrons. The largest absolute Gasteiger partial charge is 0.494 e. The Morgan fingerprint density at radius 3 is 2.43 bits per heavy atom. The molecule has 0 saturated carbocycles. The number of benzene rings is 2. The van der Waals surface area contributed by atoms with Crippen molar-refractivity contribution in [2.24, 2.45) is 0 Å². The second-order valence-electron chi connectivity index (χ2n) is 6.90. The van der Waals surface area contributed by atoms with Crippen LogP contribution in [0, 0.1) is 0 Å². The summed E-state index contributed by atoms with van der Waals surface area (Å²) in [4.78, 5) is 24.2. The van der Waals surface area contributed by atoms with Gasteiger partial charge < -0.3 is 15.4 Å². The van der Waals surface area contributed by atoms with Gasteiger partial charge in [0.05, 0.1) is 13.2 Å². The predicted octanol–water partition coefficient (Wildman–Crippen LogP) is 3.73. The zero-order valence-electron chi connectivity index (χ0n) is 16.7. The minimum Gasteiger partial charge on any atom is -0.494 e. The van der Waals surface area contributed by atoms with E-state index < -0.39 is 0 Å². The lowest BCUT2D eigenvalue weighted by molar-refractivity contribution is -0.120. The van der Waals surface area contributed by atoms with Crippen molar-refractivity contribution in [2.75, 3.05) is 13.2 Å². The SMILES string of the molecule is CCCCOc1ccc(C(=O)NCC(=O)N[C@H](C)CCc2ccccc2)cc1. The van der Waals surface area contributed by atoms with Gasteiger partial charge in [-0.25, -0.2) is 0 Å². The molecule has 0 aliphatic carbocycles. The highest BCUT2D eigenvalue weighted by molar-refractivity contribution is 5.96. The van der Waals surface area contributed by atoms with Crippen LogP contribution < -0.4 is 15.4 Å². The second-order valence-corrected chi connectivity index (χ2v) is 6.90. The van der Waals surface area contributed by atoms with E-state index in [1.54, 1.807) is 24.3 Å². The van der Waals surface area contributed by atoms with E-state index >= 15 is 0 Å². The molecule has 0 aliphatic heterocycles. The summed E-state index contributed by atoms with van der Waals surface area (Å²) in [6, 6.07) is 17.2. The number of amides is 2. The quantitative estimate of drug-likeness (QED) is 0.582. The second kappa shape index (κ2) is 11.8. The molecule has 28 heavy (non-hydrogen) atoms. The van der Waals surface area contributed by atoms with Crippen LogP contribution in [0.3, 0.4) is 0 Å². The third-order valence-corrected chi connectivity index (χ3v) is 4.41. The Kier molecular flexibility index (Phi) is 9.05. The van der Waals surface area contributed by atoms with Crippen LogP contribution >= 0.6 is 0 Å². The van der Waals surface area contributed by atoms with Gasteiger partial charge in [-0.2, -0.15) is 0 Å². The van der Waals surface area contributed by atoms with E-state index in [-0.39, 0.29) is 24.4 Å². The maximum Gasteiger partial charge on any atom is 0.251 e. The standard InChI is InChI=1S/C23H30N2O3/c1-3-4-16-28-21-14-12-20(13-15-21)23(27)24-17-22(26)25-18(2)10-11-19-8-6-5-7-9-19/h5-9,12-15,18H,3-4,10-11,16-17H2,1-2H3,(H,24,27)(H,25,26)/t18-/m1/s1. The Morgan fingerprint density at radius 2 is 1.75 bits per heavy atom. The monoisotopic (exact) mass is 382 g/mol. The molecule has 2 N–H and O–H groups in total. The van der Waals surface area contributed by atoms with Gasteiger partial charge in [-0.1, -0.05) is 43.7 Å². The van der Waals surface area contributed by atoms with Crippen LogP contribution in [0.4, 0.5) is 0 Å². The van der Waals surface area contributed by atoms with Crippen LogP contribution in [-0.4, -0.2) is 31.0 Å². The molecule has 2 amide bonds. The number of hydrogen-bond donors (Lipinski definition) is 2. The highest BCUT2D eigenvalue weighted by Crippen LogP contribution is 2.12. The molecule has 0 spiro atoms. The van der Waals surface area contributed by atoms with Crippen LogP contribution in [-0.2, 0) is 11.2 Å². The number of ether oxygens (including phenoxy) is 1. The average Bonchev–Trinajstić information content (AvgIpc) is 2.72. The lowest BCUT2D eigenvalue weighted by Gasteiger charge is -2.14. The molecule has 0 aliphatic rings. The Morgan fingerprint density at radius 1 is 1.04 bits per heavy atom. The summed E-state index contributed by atoms with van der Waals surface area (Å²) in [5.41, 5.74) is 1.76. The van der Waals surface area contributed by atoms with Crippen molar-refractivity contribution in [1.29, 1.82) is 0 Å². The molecule has 0 aromatic heterocycles. The Labute approximate surface area is 167 Å². The van der Waals surface area contributed by atoms with Crippen molar-refractivity contribution in [3.05, 3.63) is 65.7 Å². The van der Waals surface area contributed by atoms with Crippen molar-refractivity contribution in [3.8, 4) is 5.75 Å². The molecule has 0 bridgehead atoms. The lowest BCUT2D eigenvalue weighted by atomic mass is 10.1. The fourth-order valence-corrected chi connectivity index (χ4v) is 2.73. The molecule has 0 saturated heterocycles. The molecule has 2 aromatic carbocycles. The normalized spacial score (nSPS) is 11.5. The Hall–Kier alpha value is -2.82. The minimum absolute atomic E-state index is 0.0384. The molecule has 2 rings (SSSR count). The van der Waals surface area contributed by atoms with Crippen molar-refractivity contribution in [3.63, 3.8) is 0 Å². The van der Waals surface area contributed by atoms with Crippen LogP contribution in [0.25, 0.3) is 0 Å². The van der Waals surface area contributed by atoms with Gasteiger partial charge in [0.25, 0.3) is 5.91 Å². The zero-order chi connectivity index (χ0) is 20.2. The van der Waals surface area contributed by atoms with E-state index in [1.807, 2.05) is 25.1 Å². The van der Waals surface area contributed by atoms with Crippen LogP contribution in [0.1, 0.15) is 49.0 Å². The third-order valence-electron chi connectivity index (χ3n) is 4.41. The summed E-state index contributed by atoms with van der Waals surface area (Å²) in [5.74, 6) is 0.288. The molecule has 0 radical (unpaired) electrons. The molecule has 2 aromatic rings. The van der Waals surface area contributed by atoms with Gasteiger partial charge in [0.2, 0.25) is 5.91 Å². The molecule has 0 fully saturated rings. The van der Waals surface area contributed by atoms with Gasteiger partial charge in [0.1, 0.15) is 5.75 Å². The molecule has 5 heteroatoms. The Bertz CT molecular complexity index is 729. The summed E-state index contributed by atoms with van der Waals surface area (Å²) >= 11 is 0. The molecule has 5 nitrogen and oxygen atoms in total. The smallest absolute Gasteiger partial charge is 0.251 e. The summed E-state index contributed by atoms with van der Waals surface area (Å²) in [7, 11) is 0. The number of carbonyl (C=O) groups is 2. The van der Waals surface area contributed by atoms with Gasteiger partial charge in [0, 0.05) is 11.6 Å². The first kappa shape index (κ1) is 21.5. The number of unbranched alkanes of at least 4 members (excludes halogenated alkanes) is 1. The van der Waals surface area contributed by atoms with Crippen molar-refractivity contribution < 1.29 is 14.3 Å². The number of hydrogen-bond acceptors (Lipinski definition) is 3. The van der Waals surface area contributed by atoms with Crippen molar-refractivity contribution in [1.82, 2.24) is 10.6 Å². The average molecular weight is 383 g/mol. The highest BCUT2D eigenvalue weighted by atomic mass is 16.5. The highest BCUT2D eigenvalue weighted by Gasteiger charge is 2.11. The molecule has 1 atom stereocenters. The van der Waals surface area contributed by atoms with Crippen LogP contribution in [0.5, 0.6) is 5.75 Å². The third kappa shape index (κ3) is 7.82. The van der Waals surface area contributed by atoms with Gasteiger partial charge in [-0.05, 0) is 56.0 Å². The Balaban J connectivity index is 1.69. The minimum atomic E-state index is -0.271. The molecule has 0 unspecified atom stereocenters. The molecular weight excluding hydrogens is 352 g/mol. The number of aryl methyl sites for hydroxylation is 1. The van der Waals surface area contributed by atoms with E-state index in [1.165, 1.54) is 5.56 Å². The maximum absolute atomic E-state index is 12.2. The van der Waals surface area contributed by atoms with Gasteiger partial charge in [-0.15, -0.1) is 0 Å². The first-order chi connectivity index (χ1) is 13.6. The van der Waals surface area contributed by atoms with Crippen LogP contribution in [0.15, 0.2) is 54.6 Å². The van der Waals surface area contributed by atoms with E-state index in [2.05, 4.69) is 29.7 Å². The van der Waals surface area contributed by atoms with Crippen molar-refractivity contribution in [2.45, 2.75) is 45.6 Å². The summed E-state index contributed by atoms with van der Waals surface area (Å²) < 4.78 is 5.58. The van der Waals surface area contributed by atoms with E-state index in [4.69, 9.17) is 4.74 Å². The maximum atomic E-state index is 12.2. The first-order valence-electron chi connectivity index (χ1n) is 9.93. The number of rotatable bonds is 11. The van der Waals surface area contributed by atoms with Crippen molar-refractivity contribution >= 4 is 11.8 Å². The van der Waals surface area contributed by atoms with E-state index in [0.29, 0.717) is 12.2 Å². The lowest BCUT2D eigenvalue weighted by Crippen LogP contribution is -2.41. The first-order valence-corrected chi connectivity index (χ1v) is 9.93. The van der Waals surface area contributed by atoms with E-state index in [0.717, 1.165) is 31.4 Å². The molecule has 0 heterocycles.